The maximum absolute atomic E-state index is 14.3. The normalized spacial score (nSPS) is 14.2. The lowest BCUT2D eigenvalue weighted by Crippen LogP contribution is -2.40. The molecule has 5 aromatic rings. The number of hydrogen-bond donors (Lipinski definition) is 0. The lowest BCUT2D eigenvalue weighted by molar-refractivity contribution is -0.138. The van der Waals surface area contributed by atoms with Crippen molar-refractivity contribution in [1.82, 2.24) is 4.57 Å². The Hall–Kier alpha value is -4.93. The number of thiazole rings is 1. The number of rotatable bonds is 12. The summed E-state index contributed by atoms with van der Waals surface area (Å²) in [6.07, 6.45) is 1.82. The van der Waals surface area contributed by atoms with Gasteiger partial charge >= 0.3 is 5.97 Å². The zero-order valence-corrected chi connectivity index (χ0v) is 29.8. The number of aromatic nitrogens is 1. The molecule has 1 atom stereocenters. The Morgan fingerprint density at radius 3 is 2.29 bits per heavy atom. The van der Waals surface area contributed by atoms with E-state index in [1.807, 2.05) is 117 Å². The summed E-state index contributed by atoms with van der Waals surface area (Å²) in [5.41, 5.74) is 3.75. The molecule has 0 bridgehead atoms. The zero-order chi connectivity index (χ0) is 34.3. The molecule has 4 aromatic carbocycles. The molecule has 49 heavy (non-hydrogen) atoms. The van der Waals surface area contributed by atoms with E-state index in [-0.39, 0.29) is 12.2 Å². The molecule has 2 heterocycles. The van der Waals surface area contributed by atoms with E-state index >= 15 is 0 Å². The van der Waals surface area contributed by atoms with E-state index in [2.05, 4.69) is 15.9 Å². The Kier molecular flexibility index (Phi) is 10.8. The third kappa shape index (κ3) is 7.55. The van der Waals surface area contributed by atoms with E-state index in [9.17, 15) is 9.59 Å². The van der Waals surface area contributed by atoms with Crippen LogP contribution in [0.5, 0.6) is 17.2 Å². The van der Waals surface area contributed by atoms with Gasteiger partial charge in [-0.25, -0.2) is 9.79 Å². The fraction of sp³-hybridized carbons (Fsp3) is 0.205. The fourth-order valence-corrected chi connectivity index (χ4v) is 6.83. The average molecular weight is 740 g/mol. The first-order valence-electron chi connectivity index (χ1n) is 16.1. The van der Waals surface area contributed by atoms with Gasteiger partial charge < -0.3 is 18.9 Å². The van der Waals surface area contributed by atoms with Crippen molar-refractivity contribution in [2.75, 3.05) is 19.8 Å². The molecule has 0 unspecified atom stereocenters. The summed E-state index contributed by atoms with van der Waals surface area (Å²) in [5, 5.41) is 0. The lowest BCUT2D eigenvalue weighted by atomic mass is 9.93. The molecule has 0 fully saturated rings. The van der Waals surface area contributed by atoms with Crippen LogP contribution in [0.4, 0.5) is 0 Å². The number of ether oxygens (including phenoxy) is 4. The highest BCUT2D eigenvalue weighted by Gasteiger charge is 2.35. The minimum Gasteiger partial charge on any atom is -0.494 e. The Morgan fingerprint density at radius 2 is 1.59 bits per heavy atom. The number of nitrogens with zero attached hydrogens (tertiary/aromatic N) is 2. The van der Waals surface area contributed by atoms with Crippen molar-refractivity contribution in [3.63, 3.8) is 0 Å². The largest absolute Gasteiger partial charge is 0.494 e. The van der Waals surface area contributed by atoms with Gasteiger partial charge in [0, 0.05) is 10.0 Å². The van der Waals surface area contributed by atoms with Gasteiger partial charge in [-0.15, -0.1) is 0 Å². The maximum Gasteiger partial charge on any atom is 0.338 e. The van der Waals surface area contributed by atoms with Crippen LogP contribution in [-0.2, 0) is 16.1 Å². The summed E-state index contributed by atoms with van der Waals surface area (Å²) in [4.78, 5) is 33.5. The van der Waals surface area contributed by atoms with Crippen LogP contribution in [0.1, 0.15) is 49.1 Å². The molecule has 10 heteroatoms. The van der Waals surface area contributed by atoms with E-state index in [4.69, 9.17) is 23.9 Å². The number of fused-ring (bicyclic) bond motifs is 1. The second-order valence-corrected chi connectivity index (χ2v) is 12.9. The SMILES string of the molecule is CCOC(=O)C1=C(c2ccccc2)N=c2s/c(=C\c3ccc(OCc4ccc(Br)cc4)c(OCC)c3)c(=O)n2[C@H]1c1ccc(OCC)cc1. The predicted molar refractivity (Wildman–Crippen MR) is 195 cm³/mol. The molecular formula is C39H35BrN2O6S. The summed E-state index contributed by atoms with van der Waals surface area (Å²) in [6, 6.07) is 29.7. The Bertz CT molecular complexity index is 2160. The summed E-state index contributed by atoms with van der Waals surface area (Å²) in [6.45, 7) is 7.11. The Balaban J connectivity index is 1.47. The van der Waals surface area contributed by atoms with Crippen molar-refractivity contribution in [3.8, 4) is 17.2 Å². The van der Waals surface area contributed by atoms with Gasteiger partial charge in [0.2, 0.25) is 0 Å². The van der Waals surface area contributed by atoms with Crippen molar-refractivity contribution < 1.29 is 23.7 Å². The number of carbonyl (C=O) groups excluding carboxylic acids is 1. The smallest absolute Gasteiger partial charge is 0.338 e. The number of benzene rings is 4. The molecular weight excluding hydrogens is 704 g/mol. The number of carbonyl (C=O) groups is 1. The van der Waals surface area contributed by atoms with Crippen molar-refractivity contribution in [3.05, 3.63) is 149 Å². The maximum atomic E-state index is 14.3. The molecule has 0 aliphatic carbocycles. The minimum absolute atomic E-state index is 0.176. The average Bonchev–Trinajstić information content (AvgIpc) is 3.43. The van der Waals surface area contributed by atoms with Crippen LogP contribution in [0.3, 0.4) is 0 Å². The van der Waals surface area contributed by atoms with Crippen molar-refractivity contribution in [2.24, 2.45) is 4.99 Å². The first-order chi connectivity index (χ1) is 23.9. The highest BCUT2D eigenvalue weighted by atomic mass is 79.9. The standard InChI is InChI=1S/C39H35BrN2O6S/c1-4-45-30-19-15-28(16-20-30)36-34(38(44)47-6-3)35(27-10-8-7-9-11-27)41-39-42(36)37(43)33(49-39)23-26-14-21-31(32(22-26)46-5-2)48-24-25-12-17-29(40)18-13-25/h7-23,36H,4-6,24H2,1-3H3/b33-23-/t36-/m0/s1. The van der Waals surface area contributed by atoms with Gasteiger partial charge in [0.05, 0.1) is 41.7 Å². The molecule has 1 aliphatic rings. The third-order valence-corrected chi connectivity index (χ3v) is 9.27. The van der Waals surface area contributed by atoms with E-state index in [0.717, 1.165) is 26.7 Å². The number of halogens is 1. The van der Waals surface area contributed by atoms with Gasteiger partial charge in [0.1, 0.15) is 12.4 Å². The molecule has 6 rings (SSSR count). The molecule has 0 amide bonds. The summed E-state index contributed by atoms with van der Waals surface area (Å²) >= 11 is 4.73. The van der Waals surface area contributed by atoms with E-state index in [1.54, 1.807) is 11.5 Å². The molecule has 0 saturated carbocycles. The molecule has 0 saturated heterocycles. The molecule has 8 nitrogen and oxygen atoms in total. The van der Waals surface area contributed by atoms with Crippen LogP contribution in [0.15, 0.2) is 117 Å². The second kappa shape index (κ2) is 15.5. The first-order valence-corrected chi connectivity index (χ1v) is 17.7. The van der Waals surface area contributed by atoms with Gasteiger partial charge in [0.25, 0.3) is 5.56 Å². The van der Waals surface area contributed by atoms with E-state index in [0.29, 0.717) is 57.7 Å². The van der Waals surface area contributed by atoms with Crippen LogP contribution in [0.25, 0.3) is 11.8 Å². The van der Waals surface area contributed by atoms with Crippen molar-refractivity contribution in [2.45, 2.75) is 33.4 Å². The van der Waals surface area contributed by atoms with Crippen LogP contribution in [0.2, 0.25) is 0 Å². The van der Waals surface area contributed by atoms with Crippen LogP contribution >= 0.6 is 27.3 Å². The van der Waals surface area contributed by atoms with Gasteiger partial charge in [-0.1, -0.05) is 87.9 Å². The van der Waals surface area contributed by atoms with Gasteiger partial charge in [-0.3, -0.25) is 9.36 Å². The van der Waals surface area contributed by atoms with Gasteiger partial charge in [-0.2, -0.15) is 0 Å². The minimum atomic E-state index is -0.781. The van der Waals surface area contributed by atoms with Crippen molar-refractivity contribution in [1.29, 1.82) is 0 Å². The highest BCUT2D eigenvalue weighted by Crippen LogP contribution is 2.36. The van der Waals surface area contributed by atoms with E-state index < -0.39 is 12.0 Å². The fourth-order valence-electron chi connectivity index (χ4n) is 5.56. The van der Waals surface area contributed by atoms with Crippen molar-refractivity contribution >= 4 is 45.0 Å². The topological polar surface area (TPSA) is 88.4 Å². The summed E-state index contributed by atoms with van der Waals surface area (Å²) < 4.78 is 26.4. The molecule has 0 radical (unpaired) electrons. The van der Waals surface area contributed by atoms with E-state index in [1.165, 1.54) is 11.3 Å². The van der Waals surface area contributed by atoms with Crippen LogP contribution in [-0.4, -0.2) is 30.4 Å². The molecule has 0 spiro atoms. The van der Waals surface area contributed by atoms with Crippen LogP contribution in [0, 0.1) is 0 Å². The molecule has 1 aromatic heterocycles. The highest BCUT2D eigenvalue weighted by molar-refractivity contribution is 9.10. The number of hydrogen-bond acceptors (Lipinski definition) is 8. The zero-order valence-electron chi connectivity index (χ0n) is 27.4. The van der Waals surface area contributed by atoms with Gasteiger partial charge in [0.15, 0.2) is 16.3 Å². The Labute approximate surface area is 296 Å². The quantitative estimate of drug-likeness (QED) is 0.127. The van der Waals surface area contributed by atoms with Crippen LogP contribution < -0.4 is 29.1 Å². The molecule has 0 N–H and O–H groups in total. The summed E-state index contributed by atoms with van der Waals surface area (Å²) in [5.74, 6) is 1.34. The first kappa shape index (κ1) is 34.0. The third-order valence-electron chi connectivity index (χ3n) is 7.75. The monoisotopic (exact) mass is 738 g/mol. The second-order valence-electron chi connectivity index (χ2n) is 11.0. The van der Waals surface area contributed by atoms with Gasteiger partial charge in [-0.05, 0) is 79.9 Å². The predicted octanol–water partition coefficient (Wildman–Crippen LogP) is 7.07. The summed E-state index contributed by atoms with van der Waals surface area (Å²) in [7, 11) is 0. The number of esters is 1. The lowest BCUT2D eigenvalue weighted by Gasteiger charge is -2.26. The Morgan fingerprint density at radius 1 is 0.857 bits per heavy atom. The molecule has 1 aliphatic heterocycles. The molecule has 250 valence electrons.